The molecular weight excluding hydrogens is 378 g/mol. The highest BCUT2D eigenvalue weighted by molar-refractivity contribution is 6.30. The number of aromatic nitrogens is 2. The van der Waals surface area contributed by atoms with Crippen LogP contribution < -0.4 is 5.32 Å². The van der Waals surface area contributed by atoms with Crippen LogP contribution in [0, 0.1) is 0 Å². The van der Waals surface area contributed by atoms with E-state index in [2.05, 4.69) is 5.32 Å². The Hall–Kier alpha value is -2.57. The number of ether oxygens (including phenoxy) is 1. The number of rotatable bonds is 5. The first-order valence-corrected chi connectivity index (χ1v) is 9.84. The molecule has 0 radical (unpaired) electrons. The minimum Gasteiger partial charge on any atom is -0.460 e. The molecule has 0 unspecified atom stereocenters. The van der Waals surface area contributed by atoms with Crippen LogP contribution in [-0.4, -0.2) is 35.4 Å². The molecule has 4 rings (SSSR count). The zero-order valence-corrected chi connectivity index (χ0v) is 16.5. The van der Waals surface area contributed by atoms with Gasteiger partial charge in [0, 0.05) is 29.1 Å². The van der Waals surface area contributed by atoms with Gasteiger partial charge in [-0.15, -0.1) is 0 Å². The van der Waals surface area contributed by atoms with Gasteiger partial charge in [0.2, 0.25) is 5.76 Å². The third-order valence-corrected chi connectivity index (χ3v) is 5.04. The summed E-state index contributed by atoms with van der Waals surface area (Å²) in [7, 11) is 0. The Bertz CT molecular complexity index is 975. The highest BCUT2D eigenvalue weighted by atomic mass is 35.5. The van der Waals surface area contributed by atoms with Crippen LogP contribution in [0.2, 0.25) is 5.02 Å². The normalized spacial score (nSPS) is 13.8. The van der Waals surface area contributed by atoms with Crippen molar-refractivity contribution >= 4 is 17.6 Å². The van der Waals surface area contributed by atoms with E-state index in [9.17, 15) is 4.79 Å². The van der Waals surface area contributed by atoms with Crippen molar-refractivity contribution in [3.8, 4) is 11.3 Å². The van der Waals surface area contributed by atoms with Gasteiger partial charge >= 0.3 is 5.97 Å². The number of halogens is 1. The fraction of sp³-hybridized carbons (Fsp3) is 0.333. The Morgan fingerprint density at radius 2 is 2.00 bits per heavy atom. The highest BCUT2D eigenvalue weighted by Gasteiger charge is 2.22. The van der Waals surface area contributed by atoms with E-state index >= 15 is 0 Å². The van der Waals surface area contributed by atoms with Crippen molar-refractivity contribution in [2.24, 2.45) is 0 Å². The van der Waals surface area contributed by atoms with E-state index in [4.69, 9.17) is 25.9 Å². The number of carbonyl (C=O) groups is 1. The van der Waals surface area contributed by atoms with E-state index in [1.807, 2.05) is 28.9 Å². The molecule has 0 atom stereocenters. The van der Waals surface area contributed by atoms with Gasteiger partial charge in [-0.25, -0.2) is 4.79 Å². The lowest BCUT2D eigenvalue weighted by Gasteiger charge is -2.09. The van der Waals surface area contributed by atoms with Crippen LogP contribution in [0.1, 0.15) is 34.5 Å². The van der Waals surface area contributed by atoms with Gasteiger partial charge in [-0.1, -0.05) is 23.7 Å². The summed E-state index contributed by atoms with van der Waals surface area (Å²) in [5.74, 6) is 0.422. The molecule has 0 saturated heterocycles. The third-order valence-electron chi connectivity index (χ3n) is 4.79. The fourth-order valence-electron chi connectivity index (χ4n) is 3.53. The Labute approximate surface area is 168 Å². The Kier molecular flexibility index (Phi) is 5.50. The summed E-state index contributed by atoms with van der Waals surface area (Å²) < 4.78 is 12.7. The minimum absolute atomic E-state index is 0.211. The molecule has 28 heavy (non-hydrogen) atoms. The molecule has 1 N–H and O–H groups in total. The molecule has 0 amide bonds. The molecule has 0 aliphatic carbocycles. The van der Waals surface area contributed by atoms with Crippen LogP contribution in [0.4, 0.5) is 0 Å². The van der Waals surface area contributed by atoms with E-state index in [0.717, 1.165) is 42.9 Å². The SMILES string of the molecule is CCOC(=O)c1ccc(Cn2nc3c(c2-c2ccc(Cl)cc2)CCNCC3)o1. The van der Waals surface area contributed by atoms with Crippen LogP contribution in [0.15, 0.2) is 40.8 Å². The van der Waals surface area contributed by atoms with Crippen LogP contribution in [0.25, 0.3) is 11.3 Å². The predicted octanol–water partition coefficient (Wildman–Crippen LogP) is 3.71. The fourth-order valence-corrected chi connectivity index (χ4v) is 3.65. The van der Waals surface area contributed by atoms with Gasteiger partial charge in [0.05, 0.1) is 24.5 Å². The Morgan fingerprint density at radius 1 is 1.21 bits per heavy atom. The Balaban J connectivity index is 1.70. The number of hydrogen-bond donors (Lipinski definition) is 1. The minimum atomic E-state index is -0.450. The maximum atomic E-state index is 11.9. The molecule has 1 aliphatic heterocycles. The molecule has 0 bridgehead atoms. The second-order valence-corrected chi connectivity index (χ2v) is 7.11. The average molecular weight is 400 g/mol. The largest absolute Gasteiger partial charge is 0.460 e. The number of nitrogens with one attached hydrogen (secondary N) is 1. The molecule has 0 spiro atoms. The number of benzene rings is 1. The second kappa shape index (κ2) is 8.20. The van der Waals surface area contributed by atoms with Gasteiger partial charge in [-0.05, 0) is 44.2 Å². The van der Waals surface area contributed by atoms with Gasteiger partial charge in [0.1, 0.15) is 5.76 Å². The van der Waals surface area contributed by atoms with Crippen molar-refractivity contribution in [1.82, 2.24) is 15.1 Å². The van der Waals surface area contributed by atoms with Crippen LogP contribution in [0.3, 0.4) is 0 Å². The van der Waals surface area contributed by atoms with Crippen molar-refractivity contribution in [1.29, 1.82) is 0 Å². The number of nitrogens with zero attached hydrogens (tertiary/aromatic N) is 2. The number of furan rings is 1. The first kappa shape index (κ1) is 18.8. The summed E-state index contributed by atoms with van der Waals surface area (Å²) >= 11 is 6.08. The van der Waals surface area contributed by atoms with Crippen LogP contribution in [-0.2, 0) is 24.1 Å². The first-order chi connectivity index (χ1) is 13.7. The zero-order chi connectivity index (χ0) is 19.5. The van der Waals surface area contributed by atoms with Gasteiger partial charge in [0.25, 0.3) is 0 Å². The lowest BCUT2D eigenvalue weighted by molar-refractivity contribution is 0.0488. The number of carbonyl (C=O) groups excluding carboxylic acids is 1. The topological polar surface area (TPSA) is 69.3 Å². The Morgan fingerprint density at radius 3 is 2.79 bits per heavy atom. The monoisotopic (exact) mass is 399 g/mol. The highest BCUT2D eigenvalue weighted by Crippen LogP contribution is 2.30. The van der Waals surface area contributed by atoms with Crippen molar-refractivity contribution in [3.05, 3.63) is 64.2 Å². The van der Waals surface area contributed by atoms with Gasteiger partial charge < -0.3 is 14.5 Å². The van der Waals surface area contributed by atoms with E-state index in [1.165, 1.54) is 5.56 Å². The summed E-state index contributed by atoms with van der Waals surface area (Å²) in [6.45, 7) is 4.37. The molecule has 3 aromatic rings. The molecular formula is C21H22ClN3O3. The smallest absolute Gasteiger partial charge is 0.374 e. The van der Waals surface area contributed by atoms with Gasteiger partial charge in [-0.2, -0.15) is 5.10 Å². The maximum absolute atomic E-state index is 11.9. The predicted molar refractivity (Wildman–Crippen MR) is 107 cm³/mol. The molecule has 0 fully saturated rings. The van der Waals surface area contributed by atoms with Crippen molar-refractivity contribution < 1.29 is 13.9 Å². The summed E-state index contributed by atoms with van der Waals surface area (Å²) in [6.07, 6.45) is 1.80. The molecule has 1 aliphatic rings. The molecule has 1 aromatic carbocycles. The zero-order valence-electron chi connectivity index (χ0n) is 15.7. The van der Waals surface area contributed by atoms with E-state index < -0.39 is 5.97 Å². The maximum Gasteiger partial charge on any atom is 0.374 e. The van der Waals surface area contributed by atoms with Gasteiger partial charge in [0.15, 0.2) is 0 Å². The molecule has 2 aromatic heterocycles. The first-order valence-electron chi connectivity index (χ1n) is 9.46. The summed E-state index contributed by atoms with van der Waals surface area (Å²) in [5.41, 5.74) is 4.50. The van der Waals surface area contributed by atoms with E-state index in [0.29, 0.717) is 23.9 Å². The van der Waals surface area contributed by atoms with Crippen LogP contribution >= 0.6 is 11.6 Å². The number of esters is 1. The summed E-state index contributed by atoms with van der Waals surface area (Å²) in [6, 6.07) is 11.3. The molecule has 6 nitrogen and oxygen atoms in total. The molecule has 7 heteroatoms. The lowest BCUT2D eigenvalue weighted by atomic mass is 10.0. The summed E-state index contributed by atoms with van der Waals surface area (Å²) in [5, 5.41) is 8.99. The molecule has 146 valence electrons. The molecule has 3 heterocycles. The van der Waals surface area contributed by atoms with Crippen molar-refractivity contribution in [3.63, 3.8) is 0 Å². The van der Waals surface area contributed by atoms with E-state index in [-0.39, 0.29) is 5.76 Å². The summed E-state index contributed by atoms with van der Waals surface area (Å²) in [4.78, 5) is 11.9. The van der Waals surface area contributed by atoms with Crippen molar-refractivity contribution in [2.75, 3.05) is 19.7 Å². The van der Waals surface area contributed by atoms with Crippen molar-refractivity contribution in [2.45, 2.75) is 26.3 Å². The molecule has 0 saturated carbocycles. The standard InChI is InChI=1S/C21H22ClN3O3/c1-2-27-21(26)19-8-7-16(28-19)13-25-20(14-3-5-15(22)6-4-14)17-9-11-23-12-10-18(17)24-25/h3-8,23H,2,9-13H2,1H3. The average Bonchev–Trinajstić information content (AvgIpc) is 3.21. The van der Waals surface area contributed by atoms with E-state index in [1.54, 1.807) is 19.1 Å². The number of hydrogen-bond acceptors (Lipinski definition) is 5. The van der Waals surface area contributed by atoms with Gasteiger partial charge in [-0.3, -0.25) is 4.68 Å². The second-order valence-electron chi connectivity index (χ2n) is 6.67. The quantitative estimate of drug-likeness (QED) is 0.662. The number of fused-ring (bicyclic) bond motifs is 1. The lowest BCUT2D eigenvalue weighted by Crippen LogP contribution is -2.17. The van der Waals surface area contributed by atoms with Crippen LogP contribution in [0.5, 0.6) is 0 Å². The third kappa shape index (κ3) is 3.84.